The van der Waals surface area contributed by atoms with Crippen LogP contribution in [-0.2, 0) is 21.3 Å². The molecule has 0 radical (unpaired) electrons. The monoisotopic (exact) mass is 708 g/mol. The zero-order valence-corrected chi connectivity index (χ0v) is 30.7. The third kappa shape index (κ3) is 12.4. The van der Waals surface area contributed by atoms with Crippen LogP contribution >= 0.6 is 11.8 Å². The van der Waals surface area contributed by atoms with Gasteiger partial charge in [-0.15, -0.1) is 0 Å². The van der Waals surface area contributed by atoms with Crippen molar-refractivity contribution in [2.24, 2.45) is 0 Å². The molecular weight excluding hydrogens is 661 g/mol. The molecule has 0 amide bonds. The number of rotatable bonds is 20. The fraction of sp³-hybridized carbons (Fsp3) is 0.326. The molecule has 262 valence electrons. The first-order valence-electron chi connectivity index (χ1n) is 17.9. The summed E-state index contributed by atoms with van der Waals surface area (Å²) in [7, 11) is -3.36. The number of thioether (sulfide) groups is 1. The van der Waals surface area contributed by atoms with E-state index in [4.69, 9.17) is 9.47 Å². The van der Waals surface area contributed by atoms with E-state index in [1.54, 1.807) is 48.5 Å². The Hall–Kier alpha value is -4.07. The Labute approximate surface area is 302 Å². The van der Waals surface area contributed by atoms with Crippen molar-refractivity contribution in [1.82, 2.24) is 0 Å². The Morgan fingerprint density at radius 2 is 1.12 bits per heavy atom. The van der Waals surface area contributed by atoms with Gasteiger partial charge < -0.3 is 9.47 Å². The molecule has 5 aromatic rings. The first-order chi connectivity index (χ1) is 24.4. The van der Waals surface area contributed by atoms with Crippen LogP contribution in [0.3, 0.4) is 0 Å². The quantitative estimate of drug-likeness (QED) is 0.0592. The van der Waals surface area contributed by atoms with Crippen molar-refractivity contribution < 1.29 is 22.7 Å². The van der Waals surface area contributed by atoms with Crippen LogP contribution in [0.15, 0.2) is 120 Å². The molecule has 5 rings (SSSR count). The highest BCUT2D eigenvalue weighted by Crippen LogP contribution is 2.28. The molecule has 0 spiro atoms. The van der Waals surface area contributed by atoms with Crippen LogP contribution in [-0.4, -0.2) is 20.1 Å². The van der Waals surface area contributed by atoms with E-state index < -0.39 is 9.84 Å². The Morgan fingerprint density at radius 3 is 1.78 bits per heavy atom. The first kappa shape index (κ1) is 37.2. The summed E-state index contributed by atoms with van der Waals surface area (Å²) in [6.45, 7) is 2.98. The molecule has 0 aliphatic rings. The van der Waals surface area contributed by atoms with Gasteiger partial charge in [-0.3, -0.25) is 4.79 Å². The second kappa shape index (κ2) is 19.4. The zero-order chi connectivity index (χ0) is 35.0. The lowest BCUT2D eigenvalue weighted by Gasteiger charge is -2.09. The van der Waals surface area contributed by atoms with Crippen LogP contribution in [0.25, 0.3) is 10.8 Å². The fourth-order valence-corrected chi connectivity index (χ4v) is 8.12. The number of hydrogen-bond acceptors (Lipinski definition) is 6. The van der Waals surface area contributed by atoms with Crippen molar-refractivity contribution in [3.63, 3.8) is 0 Å². The topological polar surface area (TPSA) is 69.7 Å². The average Bonchev–Trinajstić information content (AvgIpc) is 3.12. The SMILES string of the molecule is CCCCCCCCCCCCOc1ccc(SC(=O)c2ccc(Oc3ccc(CS(=O)(=O)Cc4ccc5ccccc5c4)cc3)cc2)cc1. The predicted octanol–water partition coefficient (Wildman–Crippen LogP) is 12.0. The number of ether oxygens (including phenoxy) is 2. The number of hydrogen-bond donors (Lipinski definition) is 0. The molecule has 0 bridgehead atoms. The van der Waals surface area contributed by atoms with Crippen LogP contribution < -0.4 is 9.47 Å². The van der Waals surface area contributed by atoms with Gasteiger partial charge in [-0.2, -0.15) is 0 Å². The molecule has 0 saturated heterocycles. The lowest BCUT2D eigenvalue weighted by Crippen LogP contribution is -2.07. The van der Waals surface area contributed by atoms with E-state index in [0.29, 0.717) is 22.6 Å². The lowest BCUT2D eigenvalue weighted by atomic mass is 10.1. The standard InChI is InChI=1S/C43H48O5S2/c1-2-3-4-5-6-7-8-9-10-13-30-47-39-26-28-42(29-27-39)49-43(44)37-20-24-41(25-21-37)48-40-22-17-34(18-23-40)32-50(45,46)33-35-16-19-36-14-11-12-15-38(36)31-35/h11-12,14-29,31H,2-10,13,30,32-33H2,1H3. The second-order valence-corrected chi connectivity index (χ2v) is 16.0. The molecule has 0 aliphatic carbocycles. The summed E-state index contributed by atoms with van der Waals surface area (Å²) in [4.78, 5) is 13.8. The van der Waals surface area contributed by atoms with E-state index in [0.717, 1.165) is 40.0 Å². The molecule has 0 aromatic heterocycles. The van der Waals surface area contributed by atoms with Gasteiger partial charge in [0.2, 0.25) is 5.12 Å². The van der Waals surface area contributed by atoms with Gasteiger partial charge in [-0.25, -0.2) is 8.42 Å². The number of sulfone groups is 1. The number of carbonyl (C=O) groups is 1. The number of fused-ring (bicyclic) bond motifs is 1. The van der Waals surface area contributed by atoms with E-state index in [-0.39, 0.29) is 16.6 Å². The van der Waals surface area contributed by atoms with E-state index in [1.165, 1.54) is 69.5 Å². The van der Waals surface area contributed by atoms with Gasteiger partial charge in [-0.1, -0.05) is 119 Å². The number of unbranched alkanes of at least 4 members (excludes halogenated alkanes) is 9. The molecule has 7 heteroatoms. The maximum absolute atomic E-state index is 12.9. The van der Waals surface area contributed by atoms with E-state index in [1.807, 2.05) is 66.7 Å². The van der Waals surface area contributed by atoms with Crippen LogP contribution in [0.2, 0.25) is 0 Å². The Kier molecular flexibility index (Phi) is 14.4. The van der Waals surface area contributed by atoms with Crippen LogP contribution in [0, 0.1) is 0 Å². The zero-order valence-electron chi connectivity index (χ0n) is 29.0. The summed E-state index contributed by atoms with van der Waals surface area (Å²) in [6.07, 6.45) is 13.0. The molecule has 5 aromatic carbocycles. The largest absolute Gasteiger partial charge is 0.494 e. The second-order valence-electron chi connectivity index (χ2n) is 12.9. The maximum atomic E-state index is 12.9. The summed E-state index contributed by atoms with van der Waals surface area (Å²) in [6, 6.07) is 35.5. The number of carbonyl (C=O) groups excluding carboxylic acids is 1. The fourth-order valence-electron chi connectivity index (χ4n) is 5.89. The summed E-state index contributed by atoms with van der Waals surface area (Å²) >= 11 is 1.18. The van der Waals surface area contributed by atoms with Crippen molar-refractivity contribution in [3.8, 4) is 17.2 Å². The van der Waals surface area contributed by atoms with Crippen LogP contribution in [0.4, 0.5) is 0 Å². The van der Waals surface area contributed by atoms with Gasteiger partial charge in [-0.05, 0) is 101 Å². The molecule has 0 fully saturated rings. The van der Waals surface area contributed by atoms with Crippen molar-refractivity contribution >= 4 is 37.5 Å². The predicted molar refractivity (Wildman–Crippen MR) is 207 cm³/mol. The van der Waals surface area contributed by atoms with Gasteiger partial charge in [0.05, 0.1) is 18.1 Å². The van der Waals surface area contributed by atoms with Crippen molar-refractivity contribution in [2.45, 2.75) is 87.5 Å². The highest BCUT2D eigenvalue weighted by molar-refractivity contribution is 8.14. The smallest absolute Gasteiger partial charge is 0.224 e. The molecule has 5 nitrogen and oxygen atoms in total. The summed E-state index contributed by atoms with van der Waals surface area (Å²) in [5.41, 5.74) is 2.06. The molecule has 0 N–H and O–H groups in total. The summed E-state index contributed by atoms with van der Waals surface area (Å²) in [5.74, 6) is 1.94. The van der Waals surface area contributed by atoms with Crippen LogP contribution in [0.5, 0.6) is 17.2 Å². The van der Waals surface area contributed by atoms with E-state index in [9.17, 15) is 13.2 Å². The minimum atomic E-state index is -3.36. The molecule has 0 aliphatic heterocycles. The third-order valence-electron chi connectivity index (χ3n) is 8.64. The molecule has 0 heterocycles. The Balaban J connectivity index is 1.01. The van der Waals surface area contributed by atoms with Gasteiger partial charge >= 0.3 is 0 Å². The first-order valence-corrected chi connectivity index (χ1v) is 20.5. The summed E-state index contributed by atoms with van der Waals surface area (Å²) < 4.78 is 37.8. The van der Waals surface area contributed by atoms with Gasteiger partial charge in [0.15, 0.2) is 9.84 Å². The minimum Gasteiger partial charge on any atom is -0.494 e. The maximum Gasteiger partial charge on any atom is 0.224 e. The minimum absolute atomic E-state index is 0.0152. The van der Waals surface area contributed by atoms with Crippen molar-refractivity contribution in [2.75, 3.05) is 6.61 Å². The Bertz CT molecular complexity index is 1880. The highest BCUT2D eigenvalue weighted by atomic mass is 32.2. The van der Waals surface area contributed by atoms with Crippen LogP contribution in [0.1, 0.15) is 92.6 Å². The molecule has 0 unspecified atom stereocenters. The molecule has 0 atom stereocenters. The van der Waals surface area contributed by atoms with Gasteiger partial charge in [0.1, 0.15) is 17.2 Å². The molecule has 0 saturated carbocycles. The average molecular weight is 709 g/mol. The van der Waals surface area contributed by atoms with Gasteiger partial charge in [0.25, 0.3) is 0 Å². The number of benzene rings is 5. The highest BCUT2D eigenvalue weighted by Gasteiger charge is 2.14. The molecule has 50 heavy (non-hydrogen) atoms. The van der Waals surface area contributed by atoms with Crippen molar-refractivity contribution in [1.29, 1.82) is 0 Å². The van der Waals surface area contributed by atoms with Crippen molar-refractivity contribution in [3.05, 3.63) is 132 Å². The summed E-state index contributed by atoms with van der Waals surface area (Å²) in [5, 5.41) is 2.07. The Morgan fingerprint density at radius 1 is 0.580 bits per heavy atom. The third-order valence-corrected chi connectivity index (χ3v) is 11.1. The van der Waals surface area contributed by atoms with E-state index in [2.05, 4.69) is 6.92 Å². The van der Waals surface area contributed by atoms with E-state index >= 15 is 0 Å². The van der Waals surface area contributed by atoms with Gasteiger partial charge in [0, 0.05) is 10.5 Å². The lowest BCUT2D eigenvalue weighted by molar-refractivity contribution is 0.108. The normalized spacial score (nSPS) is 11.5. The molecular formula is C43H48O5S2.